The maximum absolute atomic E-state index is 6.22. The molecule has 100 valence electrons. The first-order valence-electron chi connectivity index (χ1n) is 6.94. The van der Waals surface area contributed by atoms with Gasteiger partial charge in [-0.1, -0.05) is 37.4 Å². The average Bonchev–Trinajstić information content (AvgIpc) is 3.18. The van der Waals surface area contributed by atoms with Crippen molar-refractivity contribution in [1.82, 2.24) is 5.32 Å². The Balaban J connectivity index is 1.79. The first kappa shape index (κ1) is 13.7. The molecule has 0 unspecified atom stereocenters. The lowest BCUT2D eigenvalue weighted by Crippen LogP contribution is -2.15. The number of benzene rings is 1. The fourth-order valence-corrected chi connectivity index (χ4v) is 2.11. The SMILES string of the molecule is CCCCCOc1ccc(CNC2CC2)cc1Cl. The van der Waals surface area contributed by atoms with Crippen LogP contribution in [-0.4, -0.2) is 12.6 Å². The van der Waals surface area contributed by atoms with Gasteiger partial charge in [-0.25, -0.2) is 0 Å². The van der Waals surface area contributed by atoms with Gasteiger partial charge in [0.05, 0.1) is 11.6 Å². The van der Waals surface area contributed by atoms with E-state index in [-0.39, 0.29) is 0 Å². The van der Waals surface area contributed by atoms with Crippen molar-refractivity contribution in [2.75, 3.05) is 6.61 Å². The molecule has 0 bridgehead atoms. The molecule has 1 fully saturated rings. The zero-order valence-corrected chi connectivity index (χ0v) is 11.8. The summed E-state index contributed by atoms with van der Waals surface area (Å²) in [6.45, 7) is 3.85. The van der Waals surface area contributed by atoms with E-state index in [1.54, 1.807) is 0 Å². The second-order valence-electron chi connectivity index (χ2n) is 4.98. The Morgan fingerprint density at radius 2 is 2.17 bits per heavy atom. The van der Waals surface area contributed by atoms with Gasteiger partial charge in [-0.2, -0.15) is 0 Å². The lowest BCUT2D eigenvalue weighted by atomic mass is 10.2. The van der Waals surface area contributed by atoms with Crippen molar-refractivity contribution in [3.05, 3.63) is 28.8 Å². The van der Waals surface area contributed by atoms with Crippen LogP contribution in [0, 0.1) is 0 Å². The van der Waals surface area contributed by atoms with E-state index in [9.17, 15) is 0 Å². The van der Waals surface area contributed by atoms with E-state index in [4.69, 9.17) is 16.3 Å². The molecular weight excluding hydrogens is 246 g/mol. The number of rotatable bonds is 8. The largest absolute Gasteiger partial charge is 0.492 e. The Hall–Kier alpha value is -0.730. The number of nitrogens with one attached hydrogen (secondary N) is 1. The molecule has 2 rings (SSSR count). The highest BCUT2D eigenvalue weighted by Gasteiger charge is 2.19. The van der Waals surface area contributed by atoms with Gasteiger partial charge in [-0.3, -0.25) is 0 Å². The number of halogens is 1. The van der Waals surface area contributed by atoms with E-state index in [2.05, 4.69) is 18.3 Å². The van der Waals surface area contributed by atoms with E-state index in [0.29, 0.717) is 0 Å². The predicted molar refractivity (Wildman–Crippen MR) is 76.3 cm³/mol. The number of ether oxygens (including phenoxy) is 1. The highest BCUT2D eigenvalue weighted by atomic mass is 35.5. The summed E-state index contributed by atoms with van der Waals surface area (Å²) >= 11 is 6.22. The lowest BCUT2D eigenvalue weighted by Gasteiger charge is -2.09. The molecule has 1 aromatic rings. The molecular formula is C15H22ClNO. The van der Waals surface area contributed by atoms with Gasteiger partial charge in [0.15, 0.2) is 0 Å². The minimum absolute atomic E-state index is 0.724. The van der Waals surface area contributed by atoms with Crippen LogP contribution in [0.15, 0.2) is 18.2 Å². The van der Waals surface area contributed by atoms with Gasteiger partial charge >= 0.3 is 0 Å². The van der Waals surface area contributed by atoms with Gasteiger partial charge in [0, 0.05) is 12.6 Å². The lowest BCUT2D eigenvalue weighted by molar-refractivity contribution is 0.306. The van der Waals surface area contributed by atoms with E-state index in [1.165, 1.54) is 31.2 Å². The molecule has 0 amide bonds. The van der Waals surface area contributed by atoms with Crippen molar-refractivity contribution in [3.63, 3.8) is 0 Å². The Kier molecular flexibility index (Phi) is 5.33. The first-order chi connectivity index (χ1) is 8.79. The summed E-state index contributed by atoms with van der Waals surface area (Å²) in [6, 6.07) is 6.81. The minimum Gasteiger partial charge on any atom is -0.492 e. The maximum atomic E-state index is 6.22. The van der Waals surface area contributed by atoms with E-state index >= 15 is 0 Å². The van der Waals surface area contributed by atoms with E-state index < -0.39 is 0 Å². The summed E-state index contributed by atoms with van der Waals surface area (Å²) in [5, 5.41) is 4.20. The molecule has 1 N–H and O–H groups in total. The molecule has 3 heteroatoms. The molecule has 0 aliphatic heterocycles. The topological polar surface area (TPSA) is 21.3 Å². The van der Waals surface area contributed by atoms with Crippen LogP contribution in [0.4, 0.5) is 0 Å². The van der Waals surface area contributed by atoms with Crippen molar-refractivity contribution < 1.29 is 4.74 Å². The maximum Gasteiger partial charge on any atom is 0.137 e. The third-order valence-electron chi connectivity index (χ3n) is 3.17. The summed E-state index contributed by atoms with van der Waals surface area (Å²) < 4.78 is 5.68. The molecule has 0 spiro atoms. The number of unbranched alkanes of at least 4 members (excludes halogenated alkanes) is 2. The highest BCUT2D eigenvalue weighted by molar-refractivity contribution is 6.32. The molecule has 0 radical (unpaired) electrons. The van der Waals surface area contributed by atoms with Crippen LogP contribution < -0.4 is 10.1 Å². The first-order valence-corrected chi connectivity index (χ1v) is 7.32. The fraction of sp³-hybridized carbons (Fsp3) is 0.600. The van der Waals surface area contributed by atoms with Gasteiger partial charge in [0.1, 0.15) is 5.75 Å². The molecule has 0 aromatic heterocycles. The smallest absolute Gasteiger partial charge is 0.137 e. The van der Waals surface area contributed by atoms with Crippen molar-refractivity contribution in [2.24, 2.45) is 0 Å². The molecule has 0 atom stereocenters. The van der Waals surface area contributed by atoms with Crippen LogP contribution in [0.25, 0.3) is 0 Å². The van der Waals surface area contributed by atoms with Crippen LogP contribution in [0.1, 0.15) is 44.6 Å². The van der Waals surface area contributed by atoms with E-state index in [0.717, 1.165) is 36.4 Å². The van der Waals surface area contributed by atoms with Crippen LogP contribution >= 0.6 is 11.6 Å². The van der Waals surface area contributed by atoms with Crippen molar-refractivity contribution in [1.29, 1.82) is 0 Å². The standard InChI is InChI=1S/C15H22ClNO/c1-2-3-4-9-18-15-8-5-12(10-14(15)16)11-17-13-6-7-13/h5,8,10,13,17H,2-4,6-7,9,11H2,1H3. The quantitative estimate of drug-likeness (QED) is 0.714. The summed E-state index contributed by atoms with van der Waals surface area (Å²) in [4.78, 5) is 0. The van der Waals surface area contributed by atoms with E-state index in [1.807, 2.05) is 12.1 Å². The Labute approximate surface area is 115 Å². The van der Waals surface area contributed by atoms with Crippen LogP contribution in [0.2, 0.25) is 5.02 Å². The summed E-state index contributed by atoms with van der Waals surface area (Å²) in [7, 11) is 0. The molecule has 1 aromatic carbocycles. The zero-order valence-electron chi connectivity index (χ0n) is 11.0. The molecule has 2 nitrogen and oxygen atoms in total. The molecule has 1 aliphatic rings. The number of hydrogen-bond acceptors (Lipinski definition) is 2. The summed E-state index contributed by atoms with van der Waals surface area (Å²) in [5.41, 5.74) is 1.23. The van der Waals surface area contributed by atoms with Gasteiger partial charge < -0.3 is 10.1 Å². The van der Waals surface area contributed by atoms with Crippen molar-refractivity contribution in [2.45, 2.75) is 51.6 Å². The van der Waals surface area contributed by atoms with Gasteiger partial charge in [0.25, 0.3) is 0 Å². The monoisotopic (exact) mass is 267 g/mol. The Morgan fingerprint density at radius 3 is 2.83 bits per heavy atom. The predicted octanol–water partition coefficient (Wildman–Crippen LogP) is 4.16. The van der Waals surface area contributed by atoms with Crippen LogP contribution in [0.5, 0.6) is 5.75 Å². The third kappa shape index (κ3) is 4.51. The zero-order chi connectivity index (χ0) is 12.8. The average molecular weight is 268 g/mol. The molecule has 18 heavy (non-hydrogen) atoms. The molecule has 0 saturated heterocycles. The minimum atomic E-state index is 0.724. The van der Waals surface area contributed by atoms with Crippen molar-refractivity contribution >= 4 is 11.6 Å². The molecule has 1 aliphatic carbocycles. The van der Waals surface area contributed by atoms with Crippen LogP contribution in [0.3, 0.4) is 0 Å². The molecule has 1 saturated carbocycles. The Morgan fingerprint density at radius 1 is 1.33 bits per heavy atom. The summed E-state index contributed by atoms with van der Waals surface area (Å²) in [5.74, 6) is 0.808. The normalized spacial score (nSPS) is 14.8. The second kappa shape index (κ2) is 7.01. The molecule has 0 heterocycles. The van der Waals surface area contributed by atoms with Gasteiger partial charge in [-0.05, 0) is 37.0 Å². The van der Waals surface area contributed by atoms with Gasteiger partial charge in [-0.15, -0.1) is 0 Å². The second-order valence-corrected chi connectivity index (χ2v) is 5.38. The fourth-order valence-electron chi connectivity index (χ4n) is 1.86. The third-order valence-corrected chi connectivity index (χ3v) is 3.47. The van der Waals surface area contributed by atoms with Gasteiger partial charge in [0.2, 0.25) is 0 Å². The summed E-state index contributed by atoms with van der Waals surface area (Å²) in [6.07, 6.45) is 6.14. The van der Waals surface area contributed by atoms with Crippen molar-refractivity contribution in [3.8, 4) is 5.75 Å². The highest BCUT2D eigenvalue weighted by Crippen LogP contribution is 2.26. The number of hydrogen-bond donors (Lipinski definition) is 1. The van der Waals surface area contributed by atoms with Crippen LogP contribution in [-0.2, 0) is 6.54 Å². The Bertz CT molecular complexity index is 377.